The van der Waals surface area contributed by atoms with E-state index in [1.54, 1.807) is 0 Å². The van der Waals surface area contributed by atoms with E-state index in [1.807, 2.05) is 0 Å². The van der Waals surface area contributed by atoms with E-state index in [-0.39, 0.29) is 24.3 Å². The highest BCUT2D eigenvalue weighted by Gasteiger charge is 2.33. The van der Waals surface area contributed by atoms with Crippen molar-refractivity contribution in [2.75, 3.05) is 6.61 Å². The largest absolute Gasteiger partial charge is 0.394 e. The number of aliphatic hydroxyl groups excluding tert-OH is 2. The van der Waals surface area contributed by atoms with Gasteiger partial charge in [0.05, 0.1) is 12.7 Å². The Labute approximate surface area is 86.5 Å². The van der Waals surface area contributed by atoms with Crippen LogP contribution in [0.2, 0.25) is 0 Å². The van der Waals surface area contributed by atoms with Gasteiger partial charge in [0.1, 0.15) is 0 Å². The van der Waals surface area contributed by atoms with Crippen LogP contribution in [0.1, 0.15) is 46.0 Å². The van der Waals surface area contributed by atoms with E-state index in [2.05, 4.69) is 19.2 Å². The van der Waals surface area contributed by atoms with Crippen molar-refractivity contribution in [2.45, 2.75) is 63.6 Å². The zero-order valence-electron chi connectivity index (χ0n) is 9.29. The molecule has 1 saturated carbocycles. The van der Waals surface area contributed by atoms with Gasteiger partial charge in [0.25, 0.3) is 0 Å². The van der Waals surface area contributed by atoms with Gasteiger partial charge in [-0.2, -0.15) is 0 Å². The van der Waals surface area contributed by atoms with Crippen molar-refractivity contribution < 1.29 is 10.2 Å². The van der Waals surface area contributed by atoms with Crippen LogP contribution in [0.15, 0.2) is 0 Å². The molecule has 0 radical (unpaired) electrons. The van der Waals surface area contributed by atoms with Gasteiger partial charge in [-0.25, -0.2) is 0 Å². The van der Waals surface area contributed by atoms with Crippen LogP contribution in [-0.2, 0) is 0 Å². The van der Waals surface area contributed by atoms with Crippen LogP contribution in [-0.4, -0.2) is 34.5 Å². The first kappa shape index (κ1) is 12.0. The van der Waals surface area contributed by atoms with Gasteiger partial charge in [-0.05, 0) is 32.1 Å². The Morgan fingerprint density at radius 1 is 1.29 bits per heavy atom. The average Bonchev–Trinajstić information content (AvgIpc) is 2.61. The van der Waals surface area contributed by atoms with Gasteiger partial charge in [-0.1, -0.05) is 13.8 Å². The van der Waals surface area contributed by atoms with Crippen molar-refractivity contribution in [3.63, 3.8) is 0 Å². The van der Waals surface area contributed by atoms with Crippen molar-refractivity contribution in [3.8, 4) is 0 Å². The zero-order chi connectivity index (χ0) is 10.6. The van der Waals surface area contributed by atoms with E-state index in [0.29, 0.717) is 0 Å². The van der Waals surface area contributed by atoms with Crippen LogP contribution >= 0.6 is 0 Å². The second kappa shape index (κ2) is 5.10. The minimum absolute atomic E-state index is 0.156. The number of hydrogen-bond donors (Lipinski definition) is 3. The van der Waals surface area contributed by atoms with Gasteiger partial charge in [0.15, 0.2) is 0 Å². The van der Waals surface area contributed by atoms with Crippen LogP contribution < -0.4 is 5.32 Å². The Hall–Kier alpha value is -0.120. The van der Waals surface area contributed by atoms with Gasteiger partial charge in [-0.3, -0.25) is 0 Å². The summed E-state index contributed by atoms with van der Waals surface area (Å²) in [5.41, 5.74) is -0.185. The lowest BCUT2D eigenvalue weighted by Gasteiger charge is -2.35. The fraction of sp³-hybridized carbons (Fsp3) is 1.00. The van der Waals surface area contributed by atoms with Crippen LogP contribution in [0.5, 0.6) is 0 Å². The molecule has 0 bridgehead atoms. The summed E-state index contributed by atoms with van der Waals surface area (Å²) in [4.78, 5) is 0. The third-order valence-corrected chi connectivity index (χ3v) is 3.63. The molecule has 0 aliphatic heterocycles. The van der Waals surface area contributed by atoms with E-state index < -0.39 is 0 Å². The molecule has 1 aliphatic carbocycles. The normalized spacial score (nSPS) is 28.3. The second-order valence-electron chi connectivity index (χ2n) is 4.39. The first-order chi connectivity index (χ1) is 6.67. The molecular formula is C11H23NO2. The molecule has 0 aromatic heterocycles. The molecule has 14 heavy (non-hydrogen) atoms. The lowest BCUT2D eigenvalue weighted by molar-refractivity contribution is 0.0907. The lowest BCUT2D eigenvalue weighted by Crippen LogP contribution is -2.54. The molecule has 0 aromatic rings. The minimum Gasteiger partial charge on any atom is -0.394 e. The van der Waals surface area contributed by atoms with Gasteiger partial charge < -0.3 is 15.5 Å². The molecule has 1 aliphatic rings. The SMILES string of the molecule is CCC(CC)(CO)N[C@H]1CCC[C@@H]1O. The van der Waals surface area contributed by atoms with Gasteiger partial charge >= 0.3 is 0 Å². The van der Waals surface area contributed by atoms with Crippen molar-refractivity contribution >= 4 is 0 Å². The predicted octanol–water partition coefficient (Wildman–Crippen LogP) is 1.04. The molecule has 2 atom stereocenters. The quantitative estimate of drug-likeness (QED) is 0.623. The third kappa shape index (κ3) is 2.47. The minimum atomic E-state index is -0.223. The maximum Gasteiger partial charge on any atom is 0.0693 e. The van der Waals surface area contributed by atoms with Gasteiger partial charge in [0.2, 0.25) is 0 Å². The Bertz CT molecular complexity index is 160. The molecule has 0 unspecified atom stereocenters. The Morgan fingerprint density at radius 3 is 2.29 bits per heavy atom. The van der Waals surface area contributed by atoms with E-state index >= 15 is 0 Å². The second-order valence-corrected chi connectivity index (χ2v) is 4.39. The Kier molecular flexibility index (Phi) is 4.35. The molecule has 1 fully saturated rings. The molecular weight excluding hydrogens is 178 g/mol. The number of nitrogens with one attached hydrogen (secondary N) is 1. The van der Waals surface area contributed by atoms with Crippen LogP contribution in [0.4, 0.5) is 0 Å². The maximum absolute atomic E-state index is 9.69. The van der Waals surface area contributed by atoms with Crippen molar-refractivity contribution in [3.05, 3.63) is 0 Å². The topological polar surface area (TPSA) is 52.5 Å². The van der Waals surface area contributed by atoms with Gasteiger partial charge in [-0.15, -0.1) is 0 Å². The number of aliphatic hydroxyl groups is 2. The molecule has 1 rings (SSSR count). The third-order valence-electron chi connectivity index (χ3n) is 3.63. The van der Waals surface area contributed by atoms with Crippen molar-refractivity contribution in [1.82, 2.24) is 5.32 Å². The fourth-order valence-electron chi connectivity index (χ4n) is 2.23. The summed E-state index contributed by atoms with van der Waals surface area (Å²) >= 11 is 0. The number of hydrogen-bond acceptors (Lipinski definition) is 3. The van der Waals surface area contributed by atoms with Crippen molar-refractivity contribution in [2.24, 2.45) is 0 Å². The molecule has 0 aromatic carbocycles. The first-order valence-corrected chi connectivity index (χ1v) is 5.74. The van der Waals surface area contributed by atoms with Crippen LogP contribution in [0, 0.1) is 0 Å². The molecule has 3 heteroatoms. The van der Waals surface area contributed by atoms with Gasteiger partial charge in [0, 0.05) is 11.6 Å². The molecule has 0 heterocycles. The summed E-state index contributed by atoms with van der Waals surface area (Å²) in [5, 5.41) is 22.5. The molecule has 3 N–H and O–H groups in total. The molecule has 0 amide bonds. The first-order valence-electron chi connectivity index (χ1n) is 5.74. The smallest absolute Gasteiger partial charge is 0.0693 e. The maximum atomic E-state index is 9.69. The highest BCUT2D eigenvalue weighted by molar-refractivity contribution is 4.93. The summed E-state index contributed by atoms with van der Waals surface area (Å²) < 4.78 is 0. The summed E-state index contributed by atoms with van der Waals surface area (Å²) in [6.07, 6.45) is 4.61. The monoisotopic (exact) mass is 201 g/mol. The summed E-state index contributed by atoms with van der Waals surface area (Å²) in [6, 6.07) is 0.182. The van der Waals surface area contributed by atoms with E-state index in [4.69, 9.17) is 0 Å². The van der Waals surface area contributed by atoms with Crippen LogP contribution in [0.25, 0.3) is 0 Å². The highest BCUT2D eigenvalue weighted by Crippen LogP contribution is 2.24. The van der Waals surface area contributed by atoms with Crippen molar-refractivity contribution in [1.29, 1.82) is 0 Å². The summed E-state index contributed by atoms with van der Waals surface area (Å²) in [5.74, 6) is 0. The van der Waals surface area contributed by atoms with E-state index in [1.165, 1.54) is 0 Å². The molecule has 0 spiro atoms. The van der Waals surface area contributed by atoms with E-state index in [9.17, 15) is 10.2 Å². The zero-order valence-corrected chi connectivity index (χ0v) is 9.29. The molecule has 84 valence electrons. The molecule has 0 saturated heterocycles. The Balaban J connectivity index is 2.54. The summed E-state index contributed by atoms with van der Waals surface area (Å²) in [7, 11) is 0. The fourth-order valence-corrected chi connectivity index (χ4v) is 2.23. The predicted molar refractivity (Wildman–Crippen MR) is 57.2 cm³/mol. The highest BCUT2D eigenvalue weighted by atomic mass is 16.3. The molecule has 3 nitrogen and oxygen atoms in total. The summed E-state index contributed by atoms with van der Waals surface area (Å²) in [6.45, 7) is 4.31. The average molecular weight is 201 g/mol. The number of rotatable bonds is 5. The van der Waals surface area contributed by atoms with Crippen LogP contribution in [0.3, 0.4) is 0 Å². The Morgan fingerprint density at radius 2 is 1.93 bits per heavy atom. The van der Waals surface area contributed by atoms with E-state index in [0.717, 1.165) is 32.1 Å². The standard InChI is InChI=1S/C11H23NO2/c1-3-11(4-2,8-13)12-9-6-5-7-10(9)14/h9-10,12-14H,3-8H2,1-2H3/t9-,10-/m0/s1. The lowest BCUT2D eigenvalue weighted by atomic mass is 9.92.